The van der Waals surface area contributed by atoms with E-state index in [1.807, 2.05) is 36.4 Å². The van der Waals surface area contributed by atoms with Gasteiger partial charge in [-0.1, -0.05) is 60.7 Å². The summed E-state index contributed by atoms with van der Waals surface area (Å²) in [6, 6.07) is 14.6. The summed E-state index contributed by atoms with van der Waals surface area (Å²) in [6.45, 7) is -0.147. The maximum Gasteiger partial charge on any atom is 0.407 e. The Labute approximate surface area is 191 Å². The first-order valence-corrected chi connectivity index (χ1v) is 10.9. The minimum atomic E-state index is -1.20. The van der Waals surface area contributed by atoms with Crippen LogP contribution < -0.4 is 10.6 Å². The standard InChI is InChI=1S/C25H26N2O6/c28-12-11-22(24(30)31)27-23(29)15-9-10-16(13-15)26-25(32)33-14-21-19-7-3-1-5-17(19)18-6-2-4-8-20(18)21/h1-10,15-16,21-22,28H,11-14H2,(H,26,32)(H,27,29)(H,30,31). The molecule has 33 heavy (non-hydrogen) atoms. The average molecular weight is 450 g/mol. The van der Waals surface area contributed by atoms with Crippen molar-refractivity contribution in [2.75, 3.05) is 13.2 Å². The first kappa shape index (κ1) is 22.5. The van der Waals surface area contributed by atoms with Gasteiger partial charge in [0.05, 0.1) is 12.0 Å². The zero-order valence-corrected chi connectivity index (χ0v) is 17.9. The third kappa shape index (κ3) is 4.90. The second-order valence-corrected chi connectivity index (χ2v) is 8.22. The summed E-state index contributed by atoms with van der Waals surface area (Å²) in [7, 11) is 0. The topological polar surface area (TPSA) is 125 Å². The molecule has 0 bridgehead atoms. The number of ether oxygens (including phenoxy) is 1. The number of fused-ring (bicyclic) bond motifs is 3. The largest absolute Gasteiger partial charge is 0.480 e. The van der Waals surface area contributed by atoms with Crippen molar-refractivity contribution in [3.63, 3.8) is 0 Å². The van der Waals surface area contributed by atoms with Crippen molar-refractivity contribution in [1.82, 2.24) is 10.6 Å². The summed E-state index contributed by atoms with van der Waals surface area (Å²) in [5.41, 5.74) is 4.55. The molecule has 0 saturated heterocycles. The van der Waals surface area contributed by atoms with Gasteiger partial charge in [0, 0.05) is 18.9 Å². The lowest BCUT2D eigenvalue weighted by atomic mass is 9.98. The van der Waals surface area contributed by atoms with Crippen LogP contribution in [0.4, 0.5) is 4.79 Å². The van der Waals surface area contributed by atoms with Crippen LogP contribution in [0.2, 0.25) is 0 Å². The van der Waals surface area contributed by atoms with Gasteiger partial charge < -0.3 is 25.6 Å². The maximum absolute atomic E-state index is 12.4. The number of carbonyl (C=O) groups is 3. The second kappa shape index (κ2) is 9.87. The smallest absolute Gasteiger partial charge is 0.407 e. The van der Waals surface area contributed by atoms with E-state index in [2.05, 4.69) is 22.8 Å². The van der Waals surface area contributed by atoms with Gasteiger partial charge in [0.1, 0.15) is 12.6 Å². The van der Waals surface area contributed by atoms with E-state index in [0.29, 0.717) is 6.42 Å². The minimum absolute atomic E-state index is 0.0414. The Kier molecular flexibility index (Phi) is 6.74. The number of aliphatic hydroxyl groups is 1. The Morgan fingerprint density at radius 1 is 1.00 bits per heavy atom. The van der Waals surface area contributed by atoms with Crippen LogP contribution >= 0.6 is 0 Å². The fourth-order valence-corrected chi connectivity index (χ4v) is 4.46. The molecule has 172 valence electrons. The van der Waals surface area contributed by atoms with E-state index in [0.717, 1.165) is 22.3 Å². The number of benzene rings is 2. The van der Waals surface area contributed by atoms with Gasteiger partial charge >= 0.3 is 12.1 Å². The van der Waals surface area contributed by atoms with Crippen LogP contribution in [0.25, 0.3) is 11.1 Å². The first-order chi connectivity index (χ1) is 16.0. The van der Waals surface area contributed by atoms with Crippen LogP contribution in [-0.4, -0.2) is 53.5 Å². The molecule has 0 aliphatic heterocycles. The van der Waals surface area contributed by atoms with Crippen molar-refractivity contribution in [3.05, 3.63) is 71.8 Å². The number of carboxylic acids is 1. The highest BCUT2D eigenvalue weighted by Gasteiger charge is 2.31. The van der Waals surface area contributed by atoms with E-state index in [1.165, 1.54) is 0 Å². The third-order valence-electron chi connectivity index (χ3n) is 6.10. The Morgan fingerprint density at radius 3 is 2.24 bits per heavy atom. The fraction of sp³-hybridized carbons (Fsp3) is 0.320. The van der Waals surface area contributed by atoms with Crippen LogP contribution in [0.1, 0.15) is 29.9 Å². The van der Waals surface area contributed by atoms with Crippen LogP contribution in [0.15, 0.2) is 60.7 Å². The molecule has 0 aromatic heterocycles. The summed E-state index contributed by atoms with van der Waals surface area (Å²) in [4.78, 5) is 36.0. The predicted molar refractivity (Wildman–Crippen MR) is 121 cm³/mol. The van der Waals surface area contributed by atoms with E-state index in [4.69, 9.17) is 14.9 Å². The van der Waals surface area contributed by atoms with Crippen molar-refractivity contribution >= 4 is 18.0 Å². The van der Waals surface area contributed by atoms with Gasteiger partial charge in [-0.2, -0.15) is 0 Å². The highest BCUT2D eigenvalue weighted by Crippen LogP contribution is 2.44. The molecule has 0 saturated carbocycles. The molecule has 2 aliphatic carbocycles. The van der Waals surface area contributed by atoms with Crippen molar-refractivity contribution in [2.45, 2.75) is 30.8 Å². The van der Waals surface area contributed by atoms with Crippen LogP contribution in [0.5, 0.6) is 0 Å². The number of hydrogen-bond acceptors (Lipinski definition) is 5. The number of hydrogen-bond donors (Lipinski definition) is 4. The monoisotopic (exact) mass is 450 g/mol. The van der Waals surface area contributed by atoms with Gasteiger partial charge in [0.2, 0.25) is 5.91 Å². The van der Waals surface area contributed by atoms with Gasteiger partial charge in [0.15, 0.2) is 0 Å². The molecule has 8 nitrogen and oxygen atoms in total. The average Bonchev–Trinajstić information content (AvgIpc) is 3.40. The summed E-state index contributed by atoms with van der Waals surface area (Å²) in [5.74, 6) is -2.26. The Balaban J connectivity index is 1.30. The molecule has 2 aromatic rings. The van der Waals surface area contributed by atoms with E-state index in [9.17, 15) is 14.4 Å². The number of rotatable bonds is 8. The lowest BCUT2D eigenvalue weighted by molar-refractivity contribution is -0.142. The van der Waals surface area contributed by atoms with Crippen molar-refractivity contribution < 1.29 is 29.3 Å². The molecule has 2 amide bonds. The number of aliphatic hydroxyl groups excluding tert-OH is 1. The predicted octanol–water partition coefficient (Wildman–Crippen LogP) is 2.42. The number of carboxylic acid groups (broad SMARTS) is 1. The van der Waals surface area contributed by atoms with Crippen molar-refractivity contribution in [3.8, 4) is 11.1 Å². The molecule has 0 radical (unpaired) electrons. The van der Waals surface area contributed by atoms with Crippen molar-refractivity contribution in [1.29, 1.82) is 0 Å². The van der Waals surface area contributed by atoms with Gasteiger partial charge in [-0.05, 0) is 28.7 Å². The summed E-state index contributed by atoms with van der Waals surface area (Å²) in [5, 5.41) is 23.2. The lowest BCUT2D eigenvalue weighted by Crippen LogP contribution is -2.44. The molecule has 0 fully saturated rings. The highest BCUT2D eigenvalue weighted by atomic mass is 16.5. The quantitative estimate of drug-likeness (QED) is 0.458. The zero-order valence-electron chi connectivity index (χ0n) is 17.9. The molecular weight excluding hydrogens is 424 g/mol. The molecule has 4 N–H and O–H groups in total. The molecule has 8 heteroatoms. The normalized spacial score (nSPS) is 19.4. The maximum atomic E-state index is 12.4. The summed E-state index contributed by atoms with van der Waals surface area (Å²) >= 11 is 0. The molecule has 3 atom stereocenters. The number of carbonyl (C=O) groups excluding carboxylic acids is 2. The highest BCUT2D eigenvalue weighted by molar-refractivity contribution is 5.86. The third-order valence-corrected chi connectivity index (χ3v) is 6.10. The summed E-state index contributed by atoms with van der Waals surface area (Å²) < 4.78 is 5.54. The fourth-order valence-electron chi connectivity index (χ4n) is 4.46. The van der Waals surface area contributed by atoms with Crippen LogP contribution in [0, 0.1) is 5.92 Å². The Bertz CT molecular complexity index is 1040. The van der Waals surface area contributed by atoms with Crippen LogP contribution in [0.3, 0.4) is 0 Å². The summed E-state index contributed by atoms with van der Waals surface area (Å²) in [6.07, 6.45) is 3.01. The number of aliphatic carboxylic acids is 1. The van der Waals surface area contributed by atoms with E-state index in [-0.39, 0.29) is 25.6 Å². The van der Waals surface area contributed by atoms with E-state index in [1.54, 1.807) is 12.2 Å². The van der Waals surface area contributed by atoms with Gasteiger partial charge in [-0.15, -0.1) is 0 Å². The molecule has 0 spiro atoms. The molecule has 0 heterocycles. The molecule has 2 aromatic carbocycles. The lowest BCUT2D eigenvalue weighted by Gasteiger charge is -2.18. The minimum Gasteiger partial charge on any atom is -0.480 e. The molecule has 3 unspecified atom stereocenters. The Morgan fingerprint density at radius 2 is 1.64 bits per heavy atom. The number of nitrogens with one attached hydrogen (secondary N) is 2. The first-order valence-electron chi connectivity index (χ1n) is 10.9. The van der Waals surface area contributed by atoms with E-state index < -0.39 is 36.0 Å². The molecular formula is C25H26N2O6. The zero-order chi connectivity index (χ0) is 23.4. The van der Waals surface area contributed by atoms with Gasteiger partial charge in [-0.3, -0.25) is 4.79 Å². The molecule has 2 aliphatic rings. The molecule has 4 rings (SSSR count). The van der Waals surface area contributed by atoms with E-state index >= 15 is 0 Å². The second-order valence-electron chi connectivity index (χ2n) is 8.22. The number of alkyl carbamates (subject to hydrolysis) is 1. The van der Waals surface area contributed by atoms with Gasteiger partial charge in [-0.25, -0.2) is 9.59 Å². The van der Waals surface area contributed by atoms with Crippen molar-refractivity contribution in [2.24, 2.45) is 5.92 Å². The van der Waals surface area contributed by atoms with Crippen LogP contribution in [-0.2, 0) is 14.3 Å². The number of amides is 2. The SMILES string of the molecule is O=C(NC1C=CC(C(=O)NC(CCO)C(=O)O)C1)OCC1c2ccccc2-c2ccccc21. The Hall–Kier alpha value is -3.65. The van der Waals surface area contributed by atoms with Gasteiger partial charge in [0.25, 0.3) is 0 Å².